The van der Waals surface area contributed by atoms with Crippen LogP contribution < -0.4 is 4.74 Å². The Morgan fingerprint density at radius 1 is 1.17 bits per heavy atom. The van der Waals surface area contributed by atoms with E-state index in [1.807, 2.05) is 25.1 Å². The molecule has 1 N–H and O–H groups in total. The van der Waals surface area contributed by atoms with Gasteiger partial charge in [0.15, 0.2) is 11.2 Å². The van der Waals surface area contributed by atoms with Gasteiger partial charge in [-0.25, -0.2) is 0 Å². The van der Waals surface area contributed by atoms with Crippen LogP contribution in [0.15, 0.2) is 35.9 Å². The largest absolute Gasteiger partial charge is 0.480 e. The van der Waals surface area contributed by atoms with E-state index >= 15 is 0 Å². The zero-order chi connectivity index (χ0) is 21.3. The third-order valence-corrected chi connectivity index (χ3v) is 7.48. The van der Waals surface area contributed by atoms with E-state index < -0.39 is 35.0 Å². The number of carbonyl (C=O) groups is 2. The van der Waals surface area contributed by atoms with Crippen molar-refractivity contribution in [3.05, 3.63) is 41.5 Å². The highest BCUT2D eigenvalue weighted by molar-refractivity contribution is 6.03. The van der Waals surface area contributed by atoms with Crippen molar-refractivity contribution in [1.29, 1.82) is 0 Å². The molecule has 0 radical (unpaired) electrons. The lowest BCUT2D eigenvalue weighted by Crippen LogP contribution is -2.67. The van der Waals surface area contributed by atoms with E-state index in [4.69, 9.17) is 14.2 Å². The lowest BCUT2D eigenvalue weighted by Gasteiger charge is -2.60. The minimum atomic E-state index is -1.67. The molecule has 2 heterocycles. The summed E-state index contributed by atoms with van der Waals surface area (Å²) in [4.78, 5) is 26.2. The monoisotopic (exact) mass is 412 g/mol. The molecule has 5 rings (SSSR count). The molecule has 6 heteroatoms. The highest BCUT2D eigenvalue weighted by atomic mass is 16.7. The fourth-order valence-corrected chi connectivity index (χ4v) is 5.95. The third-order valence-electron chi connectivity index (χ3n) is 7.48. The number of rotatable bonds is 1. The number of hydrogen-bond donors (Lipinski definition) is 1. The highest BCUT2D eigenvalue weighted by Crippen LogP contribution is 2.64. The van der Waals surface area contributed by atoms with Crippen LogP contribution in [-0.2, 0) is 19.1 Å². The summed E-state index contributed by atoms with van der Waals surface area (Å²) >= 11 is 0. The number of benzene rings is 1. The van der Waals surface area contributed by atoms with Crippen molar-refractivity contribution in [3.63, 3.8) is 0 Å². The van der Waals surface area contributed by atoms with Crippen LogP contribution in [0.4, 0.5) is 0 Å². The van der Waals surface area contributed by atoms with Crippen LogP contribution in [-0.4, -0.2) is 36.0 Å². The Morgan fingerprint density at radius 2 is 1.87 bits per heavy atom. The van der Waals surface area contributed by atoms with Crippen molar-refractivity contribution in [3.8, 4) is 5.75 Å². The molecule has 1 saturated carbocycles. The second-order valence-corrected chi connectivity index (χ2v) is 10.1. The van der Waals surface area contributed by atoms with Gasteiger partial charge in [-0.1, -0.05) is 43.7 Å². The zero-order valence-corrected chi connectivity index (χ0v) is 17.6. The van der Waals surface area contributed by atoms with E-state index in [0.717, 1.165) is 24.0 Å². The van der Waals surface area contributed by atoms with Gasteiger partial charge in [0.2, 0.25) is 0 Å². The molecule has 2 fully saturated rings. The van der Waals surface area contributed by atoms with Crippen LogP contribution in [0.3, 0.4) is 0 Å². The maximum Gasteiger partial charge on any atom is 0.330 e. The number of allylic oxidation sites excluding steroid dienone is 2. The normalized spacial score (nSPS) is 36.0. The molecule has 0 amide bonds. The molecule has 4 unspecified atom stereocenters. The van der Waals surface area contributed by atoms with Gasteiger partial charge in [0.05, 0.1) is 13.2 Å². The molecule has 1 aromatic rings. The molecule has 0 aromatic heterocycles. The summed E-state index contributed by atoms with van der Waals surface area (Å²) in [6.45, 7) is 7.27. The minimum absolute atomic E-state index is 0.105. The molecule has 1 saturated heterocycles. The quantitative estimate of drug-likeness (QED) is 0.326. The van der Waals surface area contributed by atoms with E-state index in [-0.39, 0.29) is 11.3 Å². The van der Waals surface area contributed by atoms with E-state index in [9.17, 15) is 14.7 Å². The summed E-state index contributed by atoms with van der Waals surface area (Å²) in [6, 6.07) is 7.24. The number of esters is 1. The van der Waals surface area contributed by atoms with E-state index in [1.54, 1.807) is 12.1 Å². The summed E-state index contributed by atoms with van der Waals surface area (Å²) in [5.41, 5.74) is 0.0545. The maximum absolute atomic E-state index is 13.4. The average Bonchev–Trinajstić information content (AvgIpc) is 2.70. The molecular weight excluding hydrogens is 384 g/mol. The molecule has 4 aliphatic rings. The number of carbonyl (C=O) groups excluding carboxylic acids is 1. The number of carboxylic acids is 1. The molecule has 4 atom stereocenters. The van der Waals surface area contributed by atoms with Gasteiger partial charge in [-0.2, -0.15) is 0 Å². The number of ether oxygens (including phenoxy) is 3. The fourth-order valence-electron chi connectivity index (χ4n) is 5.95. The molecule has 2 aliphatic carbocycles. The molecule has 6 nitrogen and oxygen atoms in total. The highest BCUT2D eigenvalue weighted by Gasteiger charge is 2.71. The van der Waals surface area contributed by atoms with Crippen molar-refractivity contribution in [2.75, 3.05) is 13.2 Å². The van der Waals surface area contributed by atoms with Gasteiger partial charge in [0.25, 0.3) is 0 Å². The topological polar surface area (TPSA) is 82.1 Å². The lowest BCUT2D eigenvalue weighted by molar-refractivity contribution is -0.349. The molecule has 0 bridgehead atoms. The van der Waals surface area contributed by atoms with Crippen LogP contribution in [0.1, 0.15) is 51.5 Å². The van der Waals surface area contributed by atoms with Crippen molar-refractivity contribution < 1.29 is 28.9 Å². The lowest BCUT2D eigenvalue weighted by atomic mass is 9.49. The molecule has 1 aromatic carbocycles. The molecule has 30 heavy (non-hydrogen) atoms. The molecular formula is C24H28O6. The second-order valence-electron chi connectivity index (χ2n) is 10.1. The van der Waals surface area contributed by atoms with Gasteiger partial charge in [-0.3, -0.25) is 9.59 Å². The average molecular weight is 412 g/mol. The third kappa shape index (κ3) is 2.56. The number of carboxylic acid groups (broad SMARTS) is 1. The Morgan fingerprint density at radius 3 is 2.57 bits per heavy atom. The van der Waals surface area contributed by atoms with Crippen LogP contribution in [0, 0.1) is 22.7 Å². The first-order valence-corrected chi connectivity index (χ1v) is 10.7. The van der Waals surface area contributed by atoms with Gasteiger partial charge < -0.3 is 19.3 Å². The maximum atomic E-state index is 13.4. The Balaban J connectivity index is 1.72. The summed E-state index contributed by atoms with van der Waals surface area (Å²) in [5.74, 6) is -3.62. The first kappa shape index (κ1) is 19.8. The van der Waals surface area contributed by atoms with Gasteiger partial charge in [-0.15, -0.1) is 0 Å². The van der Waals surface area contributed by atoms with E-state index in [1.165, 1.54) is 0 Å². The summed E-state index contributed by atoms with van der Waals surface area (Å²) in [7, 11) is 0. The van der Waals surface area contributed by atoms with Crippen molar-refractivity contribution in [2.24, 2.45) is 22.7 Å². The predicted octanol–water partition coefficient (Wildman–Crippen LogP) is 3.91. The van der Waals surface area contributed by atoms with Gasteiger partial charge in [-0.05, 0) is 31.4 Å². The number of para-hydroxylation sites is 1. The Bertz CT molecular complexity index is 937. The number of aliphatic carboxylic acids is 1. The van der Waals surface area contributed by atoms with Crippen LogP contribution in [0.25, 0.3) is 0 Å². The first-order valence-electron chi connectivity index (χ1n) is 10.7. The number of hydrogen-bond acceptors (Lipinski definition) is 5. The van der Waals surface area contributed by atoms with Gasteiger partial charge in [0, 0.05) is 29.6 Å². The predicted molar refractivity (Wildman–Crippen MR) is 108 cm³/mol. The number of fused-ring (bicyclic) bond motifs is 6. The standard InChI is InChI=1S/C24H28O6/c1-14-8-9-16-17(10-14)24(20(25)26)18(11-23(16)28-12-22(2,3)13-29-23)15-6-4-5-7-19(15)30-21(24)27/h4-7,10,16-18H,8-9,11-13H2,1-3H3,(H,25,26). The minimum Gasteiger partial charge on any atom is -0.480 e. The van der Waals surface area contributed by atoms with E-state index in [2.05, 4.69) is 13.8 Å². The smallest absolute Gasteiger partial charge is 0.330 e. The Kier molecular flexibility index (Phi) is 4.22. The van der Waals surface area contributed by atoms with Crippen LogP contribution >= 0.6 is 0 Å². The Hall–Kier alpha value is -2.18. The van der Waals surface area contributed by atoms with Gasteiger partial charge >= 0.3 is 11.9 Å². The van der Waals surface area contributed by atoms with Crippen molar-refractivity contribution in [1.82, 2.24) is 0 Å². The molecule has 160 valence electrons. The molecule has 1 spiro atoms. The fraction of sp³-hybridized carbons (Fsp3) is 0.583. The first-order chi connectivity index (χ1) is 14.2. The Labute approximate surface area is 176 Å². The second kappa shape index (κ2) is 6.41. The summed E-state index contributed by atoms with van der Waals surface area (Å²) in [6.07, 6.45) is 3.86. The SMILES string of the molecule is CC1=CC2C(CC1)C1(CC3c4ccccc4OC(=O)C32C(=O)O)OCC(C)(C)CO1. The summed E-state index contributed by atoms with van der Waals surface area (Å²) < 4.78 is 18.5. The zero-order valence-electron chi connectivity index (χ0n) is 17.6. The van der Waals surface area contributed by atoms with Gasteiger partial charge in [0.1, 0.15) is 5.75 Å². The van der Waals surface area contributed by atoms with E-state index in [0.29, 0.717) is 25.4 Å². The van der Waals surface area contributed by atoms with Crippen molar-refractivity contribution >= 4 is 11.9 Å². The molecule has 2 aliphatic heterocycles. The van der Waals surface area contributed by atoms with Crippen LogP contribution in [0.5, 0.6) is 5.75 Å². The van der Waals surface area contributed by atoms with Crippen LogP contribution in [0.2, 0.25) is 0 Å². The summed E-state index contributed by atoms with van der Waals surface area (Å²) in [5, 5.41) is 10.5. The van der Waals surface area contributed by atoms with Crippen molar-refractivity contribution in [2.45, 2.75) is 51.7 Å².